The first-order chi connectivity index (χ1) is 9.06. The number of piperazine rings is 1. The van der Waals surface area contributed by atoms with Crippen LogP contribution < -0.4 is 5.32 Å². The maximum atomic E-state index is 12.4. The highest BCUT2D eigenvalue weighted by Gasteiger charge is 2.38. The number of hydrogen-bond donors (Lipinski definition) is 1. The second-order valence-electron chi connectivity index (χ2n) is 4.57. The van der Waals surface area contributed by atoms with Crippen LogP contribution in [0.4, 0.5) is 0 Å². The lowest BCUT2D eigenvalue weighted by Gasteiger charge is -2.38. The summed E-state index contributed by atoms with van der Waals surface area (Å²) < 4.78 is 0.698. The summed E-state index contributed by atoms with van der Waals surface area (Å²) in [6.45, 7) is 4.27. The van der Waals surface area contributed by atoms with Crippen LogP contribution in [-0.2, 0) is 16.1 Å². The number of carbonyl (C=O) groups is 2. The summed E-state index contributed by atoms with van der Waals surface area (Å²) in [6, 6.07) is 2.94. The van der Waals surface area contributed by atoms with Gasteiger partial charge in [-0.1, -0.05) is 25.4 Å². The fraction of sp³-hybridized carbons (Fsp3) is 0.538. The Morgan fingerprint density at radius 1 is 1.32 bits per heavy atom. The lowest BCUT2D eigenvalue weighted by Crippen LogP contribution is -2.62. The van der Waals surface area contributed by atoms with Gasteiger partial charge in [-0.3, -0.25) is 9.59 Å². The van der Waals surface area contributed by atoms with Crippen LogP contribution in [0.15, 0.2) is 12.1 Å². The van der Waals surface area contributed by atoms with Crippen molar-refractivity contribution in [2.45, 2.75) is 45.3 Å². The van der Waals surface area contributed by atoms with Crippen LogP contribution in [-0.4, -0.2) is 28.8 Å². The molecule has 1 saturated heterocycles. The minimum Gasteiger partial charge on any atom is -0.343 e. The van der Waals surface area contributed by atoms with Crippen molar-refractivity contribution >= 4 is 34.8 Å². The number of amides is 2. The number of nitrogens with zero attached hydrogens (tertiary/aromatic N) is 1. The third-order valence-corrected chi connectivity index (χ3v) is 4.54. The van der Waals surface area contributed by atoms with E-state index in [0.29, 0.717) is 23.7 Å². The summed E-state index contributed by atoms with van der Waals surface area (Å²) in [4.78, 5) is 27.1. The first-order valence-electron chi connectivity index (χ1n) is 6.41. The average Bonchev–Trinajstić information content (AvgIpc) is 2.79. The van der Waals surface area contributed by atoms with Crippen LogP contribution in [0.2, 0.25) is 4.34 Å². The van der Waals surface area contributed by atoms with E-state index >= 15 is 0 Å². The monoisotopic (exact) mass is 300 g/mol. The average molecular weight is 301 g/mol. The quantitative estimate of drug-likeness (QED) is 0.928. The molecule has 1 fully saturated rings. The van der Waals surface area contributed by atoms with Gasteiger partial charge in [0.15, 0.2) is 0 Å². The van der Waals surface area contributed by atoms with Crippen molar-refractivity contribution in [1.29, 1.82) is 0 Å². The molecule has 0 saturated carbocycles. The van der Waals surface area contributed by atoms with Gasteiger partial charge in [0.2, 0.25) is 11.8 Å². The van der Waals surface area contributed by atoms with E-state index in [1.807, 2.05) is 26.0 Å². The second-order valence-corrected chi connectivity index (χ2v) is 6.37. The van der Waals surface area contributed by atoms with Crippen LogP contribution in [0.1, 0.15) is 31.6 Å². The molecule has 6 heteroatoms. The van der Waals surface area contributed by atoms with Crippen molar-refractivity contribution in [3.05, 3.63) is 21.3 Å². The predicted molar refractivity (Wildman–Crippen MR) is 76.2 cm³/mol. The Morgan fingerprint density at radius 3 is 2.58 bits per heavy atom. The smallest absolute Gasteiger partial charge is 0.246 e. The highest BCUT2D eigenvalue weighted by molar-refractivity contribution is 7.16. The zero-order valence-corrected chi connectivity index (χ0v) is 12.6. The molecule has 0 radical (unpaired) electrons. The topological polar surface area (TPSA) is 49.4 Å². The summed E-state index contributed by atoms with van der Waals surface area (Å²) in [5, 5.41) is 2.78. The van der Waals surface area contributed by atoms with Crippen molar-refractivity contribution in [2.24, 2.45) is 0 Å². The highest BCUT2D eigenvalue weighted by atomic mass is 35.5. The maximum absolute atomic E-state index is 12.4. The first-order valence-corrected chi connectivity index (χ1v) is 7.61. The van der Waals surface area contributed by atoms with Gasteiger partial charge >= 0.3 is 0 Å². The molecule has 19 heavy (non-hydrogen) atoms. The molecule has 2 heterocycles. The van der Waals surface area contributed by atoms with Gasteiger partial charge in [0.25, 0.3) is 0 Å². The molecular formula is C13H17ClN2O2S. The Bertz CT molecular complexity index is 489. The minimum atomic E-state index is -0.397. The molecule has 0 spiro atoms. The van der Waals surface area contributed by atoms with Gasteiger partial charge < -0.3 is 10.2 Å². The summed E-state index contributed by atoms with van der Waals surface area (Å²) in [6.07, 6.45) is 1.23. The minimum absolute atomic E-state index is 0.00141. The molecular weight excluding hydrogens is 284 g/mol. The summed E-state index contributed by atoms with van der Waals surface area (Å²) in [7, 11) is 0. The van der Waals surface area contributed by atoms with Crippen molar-refractivity contribution < 1.29 is 9.59 Å². The van der Waals surface area contributed by atoms with Crippen LogP contribution >= 0.6 is 22.9 Å². The van der Waals surface area contributed by atoms with Gasteiger partial charge in [0.1, 0.15) is 12.1 Å². The zero-order chi connectivity index (χ0) is 14.0. The van der Waals surface area contributed by atoms with E-state index in [0.717, 1.165) is 4.88 Å². The molecule has 1 aromatic heterocycles. The number of halogens is 1. The molecule has 2 rings (SSSR count). The van der Waals surface area contributed by atoms with E-state index in [1.165, 1.54) is 11.3 Å². The molecule has 2 unspecified atom stereocenters. The van der Waals surface area contributed by atoms with Crippen LogP contribution in [0.25, 0.3) is 0 Å². The SMILES string of the molecule is CCC1NC(=O)C(CC)N(Cc2ccc(Cl)s2)C1=O. The normalized spacial score (nSPS) is 23.6. The van der Waals surface area contributed by atoms with Gasteiger partial charge in [0.05, 0.1) is 10.9 Å². The van der Waals surface area contributed by atoms with E-state index in [2.05, 4.69) is 5.32 Å². The Hall–Kier alpha value is -1.07. The molecule has 0 bridgehead atoms. The van der Waals surface area contributed by atoms with Crippen molar-refractivity contribution in [3.8, 4) is 0 Å². The third-order valence-electron chi connectivity index (χ3n) is 3.33. The van der Waals surface area contributed by atoms with Crippen LogP contribution in [0.5, 0.6) is 0 Å². The second kappa shape index (κ2) is 5.92. The predicted octanol–water partition coefficient (Wildman–Crippen LogP) is 2.42. The van der Waals surface area contributed by atoms with Gasteiger partial charge in [-0.2, -0.15) is 0 Å². The molecule has 2 amide bonds. The van der Waals surface area contributed by atoms with Crippen molar-refractivity contribution in [2.75, 3.05) is 0 Å². The van der Waals surface area contributed by atoms with Crippen molar-refractivity contribution in [3.63, 3.8) is 0 Å². The molecule has 2 atom stereocenters. The van der Waals surface area contributed by atoms with E-state index < -0.39 is 6.04 Å². The largest absolute Gasteiger partial charge is 0.343 e. The Morgan fingerprint density at radius 2 is 2.05 bits per heavy atom. The molecule has 1 N–H and O–H groups in total. The Balaban J connectivity index is 2.21. The van der Waals surface area contributed by atoms with Gasteiger partial charge in [-0.15, -0.1) is 11.3 Å². The van der Waals surface area contributed by atoms with Gasteiger partial charge in [-0.05, 0) is 25.0 Å². The number of rotatable bonds is 4. The Labute approximate surface area is 121 Å². The summed E-state index contributed by atoms with van der Waals surface area (Å²) in [5.74, 6) is -0.0601. The van der Waals surface area contributed by atoms with Crippen LogP contribution in [0.3, 0.4) is 0 Å². The zero-order valence-electron chi connectivity index (χ0n) is 11.0. The standard InChI is InChI=1S/C13H17ClN2O2S/c1-3-9-13(18)16(10(4-2)12(17)15-9)7-8-5-6-11(14)19-8/h5-6,9-10H,3-4,7H2,1-2H3,(H,15,17). The van der Waals surface area contributed by atoms with E-state index in [1.54, 1.807) is 4.90 Å². The fourth-order valence-corrected chi connectivity index (χ4v) is 3.39. The molecule has 1 aliphatic rings. The van der Waals surface area contributed by atoms with Gasteiger partial charge in [-0.25, -0.2) is 0 Å². The van der Waals surface area contributed by atoms with Crippen molar-refractivity contribution in [1.82, 2.24) is 10.2 Å². The van der Waals surface area contributed by atoms with E-state index in [-0.39, 0.29) is 17.9 Å². The lowest BCUT2D eigenvalue weighted by atomic mass is 10.0. The third kappa shape index (κ3) is 2.92. The number of hydrogen-bond acceptors (Lipinski definition) is 3. The lowest BCUT2D eigenvalue weighted by molar-refractivity contribution is -0.150. The van der Waals surface area contributed by atoms with E-state index in [9.17, 15) is 9.59 Å². The summed E-state index contributed by atoms with van der Waals surface area (Å²) in [5.41, 5.74) is 0. The number of thiophene rings is 1. The number of nitrogens with one attached hydrogen (secondary N) is 1. The van der Waals surface area contributed by atoms with E-state index in [4.69, 9.17) is 11.6 Å². The molecule has 1 aromatic rings. The molecule has 0 aliphatic carbocycles. The molecule has 104 valence electrons. The highest BCUT2D eigenvalue weighted by Crippen LogP contribution is 2.25. The first kappa shape index (κ1) is 14.3. The fourth-order valence-electron chi connectivity index (χ4n) is 2.30. The number of carbonyl (C=O) groups excluding carboxylic acids is 2. The van der Waals surface area contributed by atoms with Crippen LogP contribution in [0, 0.1) is 0 Å². The molecule has 4 nitrogen and oxygen atoms in total. The molecule has 0 aromatic carbocycles. The summed E-state index contributed by atoms with van der Waals surface area (Å²) >= 11 is 7.35. The Kier molecular flexibility index (Phi) is 4.47. The van der Waals surface area contributed by atoms with Gasteiger partial charge in [0, 0.05) is 4.88 Å². The maximum Gasteiger partial charge on any atom is 0.246 e. The molecule has 1 aliphatic heterocycles.